The lowest BCUT2D eigenvalue weighted by Gasteiger charge is -2.44. The molecule has 1 aliphatic heterocycles. The largest absolute Gasteiger partial charge is 0.366 e. The van der Waals surface area contributed by atoms with Crippen LogP contribution in [0.5, 0.6) is 0 Å². The highest BCUT2D eigenvalue weighted by molar-refractivity contribution is 5.98. The van der Waals surface area contributed by atoms with Crippen molar-refractivity contribution in [1.29, 1.82) is 0 Å². The zero-order valence-electron chi connectivity index (χ0n) is 16.1. The Morgan fingerprint density at radius 1 is 1.26 bits per heavy atom. The quantitative estimate of drug-likeness (QED) is 0.865. The Hall–Kier alpha value is -2.96. The molecule has 0 aliphatic carbocycles. The smallest absolute Gasteiger partial charge is 0.248 e. The number of aryl methyl sites for hydroxylation is 1. The number of amides is 2. The molecule has 1 aromatic carbocycles. The number of carbonyl (C=O) groups is 2. The summed E-state index contributed by atoms with van der Waals surface area (Å²) in [6.45, 7) is 7.87. The van der Waals surface area contributed by atoms with Gasteiger partial charge in [0.15, 0.2) is 0 Å². The summed E-state index contributed by atoms with van der Waals surface area (Å²) in [5, 5.41) is 3.39. The van der Waals surface area contributed by atoms with Gasteiger partial charge in [0.25, 0.3) is 0 Å². The number of nitrogens with two attached hydrogens (primary N) is 1. The number of hydrogen-bond acceptors (Lipinski definition) is 5. The number of anilines is 2. The van der Waals surface area contributed by atoms with E-state index in [0.29, 0.717) is 17.9 Å². The number of hydrogen-bond donors (Lipinski definition) is 2. The van der Waals surface area contributed by atoms with Gasteiger partial charge in [-0.05, 0) is 43.7 Å². The van der Waals surface area contributed by atoms with E-state index in [1.165, 1.54) is 0 Å². The van der Waals surface area contributed by atoms with Gasteiger partial charge in [-0.15, -0.1) is 0 Å². The Labute approximate surface area is 159 Å². The maximum atomic E-state index is 12.6. The third-order valence-corrected chi connectivity index (χ3v) is 5.25. The lowest BCUT2D eigenvalue weighted by Crippen LogP contribution is -2.49. The molecular formula is C20H25N5O2. The molecule has 3 N–H and O–H groups in total. The molecule has 3 atom stereocenters. The Bertz CT molecular complexity index is 882. The molecule has 7 nitrogen and oxygen atoms in total. The van der Waals surface area contributed by atoms with Crippen LogP contribution in [0.15, 0.2) is 30.5 Å². The first kappa shape index (κ1) is 18.8. The number of nitrogens with one attached hydrogen (secondary N) is 1. The summed E-state index contributed by atoms with van der Waals surface area (Å²) in [5.74, 6) is 0.140. The van der Waals surface area contributed by atoms with Gasteiger partial charge in [-0.3, -0.25) is 9.59 Å². The van der Waals surface area contributed by atoms with Crippen LogP contribution in [-0.4, -0.2) is 27.8 Å². The Balaban J connectivity index is 2.11. The van der Waals surface area contributed by atoms with E-state index < -0.39 is 5.91 Å². The summed E-state index contributed by atoms with van der Waals surface area (Å²) in [5.41, 5.74) is 8.40. The second-order valence-electron chi connectivity index (χ2n) is 7.00. The highest BCUT2D eigenvalue weighted by atomic mass is 16.2. The summed E-state index contributed by atoms with van der Waals surface area (Å²) < 4.78 is 0. The predicted molar refractivity (Wildman–Crippen MR) is 104 cm³/mol. The minimum Gasteiger partial charge on any atom is -0.366 e. The number of aromatic nitrogens is 2. The van der Waals surface area contributed by atoms with Gasteiger partial charge in [0.2, 0.25) is 17.8 Å². The van der Waals surface area contributed by atoms with Crippen molar-refractivity contribution in [2.75, 3.05) is 10.2 Å². The van der Waals surface area contributed by atoms with Crippen molar-refractivity contribution < 1.29 is 9.59 Å². The average Bonchev–Trinajstić information content (AvgIpc) is 2.65. The van der Waals surface area contributed by atoms with E-state index in [0.717, 1.165) is 16.9 Å². The summed E-state index contributed by atoms with van der Waals surface area (Å²) >= 11 is 0. The number of primary amides is 1. The van der Waals surface area contributed by atoms with Crippen molar-refractivity contribution in [2.24, 2.45) is 11.7 Å². The fraction of sp³-hybridized carbons (Fsp3) is 0.400. The van der Waals surface area contributed by atoms with Crippen LogP contribution in [0.3, 0.4) is 0 Å². The van der Waals surface area contributed by atoms with Gasteiger partial charge in [0.05, 0.1) is 6.04 Å². The first-order valence-corrected chi connectivity index (χ1v) is 9.15. The van der Waals surface area contributed by atoms with Crippen LogP contribution in [0.25, 0.3) is 0 Å². The molecule has 3 rings (SSSR count). The fourth-order valence-electron chi connectivity index (χ4n) is 3.59. The predicted octanol–water partition coefficient (Wildman–Crippen LogP) is 2.82. The Kier molecular flexibility index (Phi) is 5.12. The molecule has 27 heavy (non-hydrogen) atoms. The van der Waals surface area contributed by atoms with Crippen LogP contribution >= 0.6 is 0 Å². The van der Waals surface area contributed by atoms with Gasteiger partial charge in [0, 0.05) is 41.5 Å². The zero-order valence-corrected chi connectivity index (χ0v) is 16.1. The van der Waals surface area contributed by atoms with Gasteiger partial charge in [0.1, 0.15) is 0 Å². The third kappa shape index (κ3) is 3.49. The molecule has 1 aromatic heterocycles. The second-order valence-corrected chi connectivity index (χ2v) is 7.00. The van der Waals surface area contributed by atoms with Crippen molar-refractivity contribution in [2.45, 2.75) is 46.2 Å². The van der Waals surface area contributed by atoms with Gasteiger partial charge < -0.3 is 16.0 Å². The number of fused-ring (bicyclic) bond motifs is 1. The summed E-state index contributed by atoms with van der Waals surface area (Å²) in [4.78, 5) is 34.9. The molecule has 1 aliphatic rings. The van der Waals surface area contributed by atoms with E-state index in [1.54, 1.807) is 24.4 Å². The molecule has 0 bridgehead atoms. The van der Waals surface area contributed by atoms with Crippen LogP contribution < -0.4 is 16.0 Å². The van der Waals surface area contributed by atoms with Gasteiger partial charge >= 0.3 is 0 Å². The van der Waals surface area contributed by atoms with E-state index in [1.807, 2.05) is 31.7 Å². The first-order chi connectivity index (χ1) is 12.8. The second kappa shape index (κ2) is 7.34. The average molecular weight is 367 g/mol. The summed E-state index contributed by atoms with van der Waals surface area (Å²) in [7, 11) is 0. The number of carbonyl (C=O) groups excluding carboxylic acids is 2. The third-order valence-electron chi connectivity index (χ3n) is 5.25. The molecule has 7 heteroatoms. The van der Waals surface area contributed by atoms with Gasteiger partial charge in [-0.25, -0.2) is 9.97 Å². The topological polar surface area (TPSA) is 101 Å². The molecule has 2 amide bonds. The van der Waals surface area contributed by atoms with E-state index in [9.17, 15) is 9.59 Å². The van der Waals surface area contributed by atoms with E-state index in [2.05, 4.69) is 22.2 Å². The van der Waals surface area contributed by atoms with Crippen molar-refractivity contribution in [3.8, 4) is 0 Å². The standard InChI is InChI=1S/C20H25N5O2/c1-5-17(26)25-13(4)12(3)18(24-20-22-9-8-11(2)23-20)15-10-14(19(21)27)6-7-16(15)25/h6-10,12-13,18H,5H2,1-4H3,(H2,21,27)(H,22,23,24)/t12-,13-,18+/m0/s1. The van der Waals surface area contributed by atoms with Crippen LogP contribution in [0, 0.1) is 12.8 Å². The highest BCUT2D eigenvalue weighted by Gasteiger charge is 2.39. The van der Waals surface area contributed by atoms with Crippen LogP contribution in [0.2, 0.25) is 0 Å². The van der Waals surface area contributed by atoms with Gasteiger partial charge in [-0.1, -0.05) is 13.8 Å². The van der Waals surface area contributed by atoms with E-state index >= 15 is 0 Å². The number of nitrogens with zero attached hydrogens (tertiary/aromatic N) is 3. The zero-order chi connectivity index (χ0) is 19.7. The molecule has 0 spiro atoms. The number of benzene rings is 1. The van der Waals surface area contributed by atoms with Gasteiger partial charge in [-0.2, -0.15) is 0 Å². The van der Waals surface area contributed by atoms with Crippen LogP contribution in [-0.2, 0) is 4.79 Å². The summed E-state index contributed by atoms with van der Waals surface area (Å²) in [6, 6.07) is 6.89. The van der Waals surface area contributed by atoms with Crippen molar-refractivity contribution in [3.63, 3.8) is 0 Å². The Morgan fingerprint density at radius 2 is 2.00 bits per heavy atom. The molecule has 0 fully saturated rings. The number of rotatable bonds is 4. The summed E-state index contributed by atoms with van der Waals surface area (Å²) in [6.07, 6.45) is 2.11. The SMILES string of the molecule is CCC(=O)N1c2ccc(C(N)=O)cc2[C@H](Nc2nccc(C)n2)[C@@H](C)[C@@H]1C. The molecule has 2 aromatic rings. The lowest BCUT2D eigenvalue weighted by molar-refractivity contribution is -0.119. The maximum absolute atomic E-state index is 12.6. The molecule has 0 saturated carbocycles. The Morgan fingerprint density at radius 3 is 2.63 bits per heavy atom. The van der Waals surface area contributed by atoms with Crippen LogP contribution in [0.4, 0.5) is 11.6 Å². The molecule has 2 heterocycles. The fourth-order valence-corrected chi connectivity index (χ4v) is 3.59. The minimum atomic E-state index is -0.497. The van der Waals surface area contributed by atoms with Crippen LogP contribution in [0.1, 0.15) is 54.8 Å². The van der Waals surface area contributed by atoms with Crippen molar-refractivity contribution in [1.82, 2.24) is 9.97 Å². The maximum Gasteiger partial charge on any atom is 0.248 e. The normalized spacial score (nSPS) is 21.5. The van der Waals surface area contributed by atoms with E-state index in [-0.39, 0.29) is 23.9 Å². The van der Waals surface area contributed by atoms with Crippen molar-refractivity contribution in [3.05, 3.63) is 47.3 Å². The molecule has 0 saturated heterocycles. The first-order valence-electron chi connectivity index (χ1n) is 9.15. The monoisotopic (exact) mass is 367 g/mol. The lowest BCUT2D eigenvalue weighted by atomic mass is 9.82. The molecular weight excluding hydrogens is 342 g/mol. The molecule has 0 radical (unpaired) electrons. The molecule has 142 valence electrons. The highest BCUT2D eigenvalue weighted by Crippen LogP contribution is 2.42. The van der Waals surface area contributed by atoms with Crippen molar-refractivity contribution >= 4 is 23.5 Å². The minimum absolute atomic E-state index is 0.0216. The molecule has 0 unspecified atom stereocenters. The van der Waals surface area contributed by atoms with E-state index in [4.69, 9.17) is 5.73 Å².